The lowest BCUT2D eigenvalue weighted by molar-refractivity contribution is -0.116. The van der Waals surface area contributed by atoms with Gasteiger partial charge in [0.1, 0.15) is 6.54 Å². The van der Waals surface area contributed by atoms with Crippen molar-refractivity contribution in [2.24, 2.45) is 0 Å². The van der Waals surface area contributed by atoms with Gasteiger partial charge >= 0.3 is 0 Å². The minimum atomic E-state index is -0.0473. The molecule has 0 spiro atoms. The van der Waals surface area contributed by atoms with Crippen LogP contribution in [-0.2, 0) is 11.3 Å². The molecule has 1 aromatic heterocycles. The van der Waals surface area contributed by atoms with Gasteiger partial charge in [-0.3, -0.25) is 4.79 Å². The number of imidazole rings is 1. The molecule has 4 rings (SSSR count). The molecule has 128 valence electrons. The number of carbonyl (C=O) groups is 1. The van der Waals surface area contributed by atoms with Crippen molar-refractivity contribution >= 4 is 28.3 Å². The fraction of sp³-hybridized carbons (Fsp3) is 0.300. The molecule has 0 atom stereocenters. The fourth-order valence-corrected chi connectivity index (χ4v) is 3.40. The Kier molecular flexibility index (Phi) is 4.37. The van der Waals surface area contributed by atoms with Gasteiger partial charge in [0, 0.05) is 24.5 Å². The maximum atomic E-state index is 12.3. The molecule has 2 aromatic carbocycles. The van der Waals surface area contributed by atoms with Crippen LogP contribution in [0.3, 0.4) is 0 Å². The highest BCUT2D eigenvalue weighted by Crippen LogP contribution is 2.22. The van der Waals surface area contributed by atoms with Gasteiger partial charge in [-0.25, -0.2) is 4.98 Å². The molecule has 5 heteroatoms. The lowest BCUT2D eigenvalue weighted by Gasteiger charge is -2.28. The fourth-order valence-electron chi connectivity index (χ4n) is 3.40. The molecular formula is C20H22N4O. The molecular weight excluding hydrogens is 312 g/mol. The summed E-state index contributed by atoms with van der Waals surface area (Å²) in [5, 5.41) is 2.97. The van der Waals surface area contributed by atoms with Gasteiger partial charge in [-0.2, -0.15) is 0 Å². The van der Waals surface area contributed by atoms with Gasteiger partial charge in [-0.15, -0.1) is 0 Å². The summed E-state index contributed by atoms with van der Waals surface area (Å²) in [5.74, 6) is -0.0473. The molecule has 0 bridgehead atoms. The highest BCUT2D eigenvalue weighted by atomic mass is 16.1. The molecule has 1 fully saturated rings. The largest absolute Gasteiger partial charge is 0.372 e. The third kappa shape index (κ3) is 3.50. The summed E-state index contributed by atoms with van der Waals surface area (Å²) in [4.78, 5) is 19.1. The van der Waals surface area contributed by atoms with E-state index in [1.807, 2.05) is 41.0 Å². The first-order valence-corrected chi connectivity index (χ1v) is 8.84. The SMILES string of the molecule is O=C(Cn1cnc2ccccc21)Nc1ccc(N2CCCCC2)cc1. The molecule has 0 radical (unpaired) electrons. The van der Waals surface area contributed by atoms with Crippen LogP contribution in [0, 0.1) is 0 Å². The number of rotatable bonds is 4. The van der Waals surface area contributed by atoms with Crippen LogP contribution in [0.1, 0.15) is 19.3 Å². The average molecular weight is 334 g/mol. The predicted octanol–water partition coefficient (Wildman–Crippen LogP) is 3.67. The molecule has 1 N–H and O–H groups in total. The van der Waals surface area contributed by atoms with Crippen LogP contribution in [0.5, 0.6) is 0 Å². The summed E-state index contributed by atoms with van der Waals surface area (Å²) in [5.41, 5.74) is 3.94. The maximum absolute atomic E-state index is 12.3. The van der Waals surface area contributed by atoms with E-state index in [4.69, 9.17) is 0 Å². The number of hydrogen-bond donors (Lipinski definition) is 1. The summed E-state index contributed by atoms with van der Waals surface area (Å²) in [6.45, 7) is 2.51. The van der Waals surface area contributed by atoms with Gasteiger partial charge in [0.05, 0.1) is 17.4 Å². The summed E-state index contributed by atoms with van der Waals surface area (Å²) in [6.07, 6.45) is 5.56. The zero-order chi connectivity index (χ0) is 17.1. The van der Waals surface area contributed by atoms with Crippen LogP contribution < -0.4 is 10.2 Å². The number of nitrogens with zero attached hydrogens (tertiary/aromatic N) is 3. The Hall–Kier alpha value is -2.82. The molecule has 0 unspecified atom stereocenters. The Labute approximate surface area is 147 Å². The second-order valence-corrected chi connectivity index (χ2v) is 6.50. The third-order valence-electron chi connectivity index (χ3n) is 4.71. The van der Waals surface area contributed by atoms with Crippen LogP contribution in [0.4, 0.5) is 11.4 Å². The number of aromatic nitrogens is 2. The van der Waals surface area contributed by atoms with E-state index in [0.717, 1.165) is 29.8 Å². The normalized spacial score (nSPS) is 14.6. The monoisotopic (exact) mass is 334 g/mol. The van der Waals surface area contributed by atoms with Crippen molar-refractivity contribution < 1.29 is 4.79 Å². The van der Waals surface area contributed by atoms with E-state index in [1.165, 1.54) is 24.9 Å². The first kappa shape index (κ1) is 15.7. The standard InChI is InChI=1S/C20H22N4O/c25-20(14-24-15-21-18-6-2-3-7-19(18)24)22-16-8-10-17(11-9-16)23-12-4-1-5-13-23/h2-3,6-11,15H,1,4-5,12-14H2,(H,22,25). The summed E-state index contributed by atoms with van der Waals surface area (Å²) >= 11 is 0. The maximum Gasteiger partial charge on any atom is 0.244 e. The highest BCUT2D eigenvalue weighted by molar-refractivity contribution is 5.91. The molecule has 1 amide bonds. The number of benzene rings is 2. The topological polar surface area (TPSA) is 50.2 Å². The Morgan fingerprint density at radius 3 is 2.56 bits per heavy atom. The van der Waals surface area contributed by atoms with Crippen LogP contribution >= 0.6 is 0 Å². The zero-order valence-corrected chi connectivity index (χ0v) is 14.2. The quantitative estimate of drug-likeness (QED) is 0.792. The molecule has 3 aromatic rings. The Morgan fingerprint density at radius 2 is 1.76 bits per heavy atom. The van der Waals surface area contributed by atoms with E-state index in [2.05, 4.69) is 27.3 Å². The van der Waals surface area contributed by atoms with Crippen LogP contribution in [-0.4, -0.2) is 28.5 Å². The third-order valence-corrected chi connectivity index (χ3v) is 4.71. The van der Waals surface area contributed by atoms with Crippen LogP contribution in [0.15, 0.2) is 54.9 Å². The molecule has 0 aliphatic carbocycles. The van der Waals surface area contributed by atoms with Crippen LogP contribution in [0.25, 0.3) is 11.0 Å². The zero-order valence-electron chi connectivity index (χ0n) is 14.2. The van der Waals surface area contributed by atoms with Gasteiger partial charge in [-0.1, -0.05) is 12.1 Å². The molecule has 2 heterocycles. The average Bonchev–Trinajstić information content (AvgIpc) is 3.06. The number of para-hydroxylation sites is 2. The van der Waals surface area contributed by atoms with Crippen molar-refractivity contribution in [2.45, 2.75) is 25.8 Å². The van der Waals surface area contributed by atoms with Gasteiger partial charge in [0.2, 0.25) is 5.91 Å². The second-order valence-electron chi connectivity index (χ2n) is 6.50. The van der Waals surface area contributed by atoms with E-state index >= 15 is 0 Å². The van der Waals surface area contributed by atoms with Crippen molar-refractivity contribution in [2.75, 3.05) is 23.3 Å². The smallest absolute Gasteiger partial charge is 0.244 e. The number of anilines is 2. The molecule has 25 heavy (non-hydrogen) atoms. The van der Waals surface area contributed by atoms with Crippen molar-refractivity contribution in [3.8, 4) is 0 Å². The molecule has 5 nitrogen and oxygen atoms in total. The highest BCUT2D eigenvalue weighted by Gasteiger charge is 2.11. The van der Waals surface area contributed by atoms with Crippen LogP contribution in [0.2, 0.25) is 0 Å². The minimum absolute atomic E-state index is 0.0473. The number of fused-ring (bicyclic) bond motifs is 1. The summed E-state index contributed by atoms with van der Waals surface area (Å²) < 4.78 is 1.87. The van der Waals surface area contributed by atoms with Crippen molar-refractivity contribution in [3.63, 3.8) is 0 Å². The molecule has 0 saturated carbocycles. The van der Waals surface area contributed by atoms with Crippen molar-refractivity contribution in [1.82, 2.24) is 9.55 Å². The summed E-state index contributed by atoms with van der Waals surface area (Å²) in [6, 6.07) is 16.0. The summed E-state index contributed by atoms with van der Waals surface area (Å²) in [7, 11) is 0. The van der Waals surface area contributed by atoms with E-state index in [9.17, 15) is 4.79 Å². The number of nitrogens with one attached hydrogen (secondary N) is 1. The first-order chi connectivity index (χ1) is 12.3. The lowest BCUT2D eigenvalue weighted by atomic mass is 10.1. The Morgan fingerprint density at radius 1 is 1.00 bits per heavy atom. The van der Waals surface area contributed by atoms with E-state index in [1.54, 1.807) is 6.33 Å². The van der Waals surface area contributed by atoms with E-state index in [-0.39, 0.29) is 12.5 Å². The van der Waals surface area contributed by atoms with Crippen molar-refractivity contribution in [1.29, 1.82) is 0 Å². The van der Waals surface area contributed by atoms with Crippen molar-refractivity contribution in [3.05, 3.63) is 54.9 Å². The molecule has 1 aliphatic heterocycles. The van der Waals surface area contributed by atoms with Gasteiger partial charge < -0.3 is 14.8 Å². The lowest BCUT2D eigenvalue weighted by Crippen LogP contribution is -2.29. The predicted molar refractivity (Wildman–Crippen MR) is 101 cm³/mol. The number of piperidine rings is 1. The van der Waals surface area contributed by atoms with Gasteiger partial charge in [-0.05, 0) is 55.7 Å². The second kappa shape index (κ2) is 6.97. The molecule has 1 aliphatic rings. The Balaban J connectivity index is 1.40. The Bertz CT molecular complexity index is 863. The number of amides is 1. The minimum Gasteiger partial charge on any atom is -0.372 e. The van der Waals surface area contributed by atoms with Gasteiger partial charge in [0.15, 0.2) is 0 Å². The number of carbonyl (C=O) groups excluding carboxylic acids is 1. The first-order valence-electron chi connectivity index (χ1n) is 8.84. The van der Waals surface area contributed by atoms with Gasteiger partial charge in [0.25, 0.3) is 0 Å². The van der Waals surface area contributed by atoms with E-state index in [0.29, 0.717) is 0 Å². The number of hydrogen-bond acceptors (Lipinski definition) is 3. The molecule has 1 saturated heterocycles. The van der Waals surface area contributed by atoms with E-state index < -0.39 is 0 Å².